The van der Waals surface area contributed by atoms with Crippen LogP contribution >= 0.6 is 0 Å². The van der Waals surface area contributed by atoms with E-state index >= 15 is 0 Å². The lowest BCUT2D eigenvalue weighted by atomic mass is 9.72. The zero-order valence-corrected chi connectivity index (χ0v) is 9.81. The largest absolute Gasteiger partial charge is 0.378 e. The highest BCUT2D eigenvalue weighted by molar-refractivity contribution is 4.85. The molecule has 1 unspecified atom stereocenters. The van der Waals surface area contributed by atoms with Gasteiger partial charge in [-0.15, -0.1) is 0 Å². The van der Waals surface area contributed by atoms with Crippen LogP contribution in [0.3, 0.4) is 0 Å². The molecule has 0 radical (unpaired) electrons. The molecule has 1 aliphatic rings. The third-order valence-corrected chi connectivity index (χ3v) is 2.79. The Balaban J connectivity index is 2.53. The molecule has 1 rings (SSSR count). The number of hydrogen-bond acceptors (Lipinski definition) is 1. The predicted octanol–water partition coefficient (Wildman–Crippen LogP) is 3.63. The molecule has 0 saturated carbocycles. The zero-order valence-electron chi connectivity index (χ0n) is 9.81. The Morgan fingerprint density at radius 2 is 1.77 bits per heavy atom. The average molecular weight is 184 g/mol. The maximum absolute atomic E-state index is 5.76. The van der Waals surface area contributed by atoms with Crippen LogP contribution in [0.25, 0.3) is 0 Å². The van der Waals surface area contributed by atoms with Crippen molar-refractivity contribution in [3.05, 3.63) is 0 Å². The molecule has 1 aliphatic heterocycles. The lowest BCUT2D eigenvalue weighted by molar-refractivity contribution is -0.00269. The Morgan fingerprint density at radius 1 is 1.15 bits per heavy atom. The van der Waals surface area contributed by atoms with Crippen molar-refractivity contribution >= 4 is 0 Å². The van der Waals surface area contributed by atoms with Gasteiger partial charge >= 0.3 is 0 Å². The van der Waals surface area contributed by atoms with Crippen LogP contribution in [-0.2, 0) is 4.74 Å². The summed E-state index contributed by atoms with van der Waals surface area (Å²) in [7, 11) is 0. The monoisotopic (exact) mass is 184 g/mol. The maximum atomic E-state index is 5.76. The second kappa shape index (κ2) is 3.61. The van der Waals surface area contributed by atoms with Gasteiger partial charge in [0.25, 0.3) is 0 Å². The molecular formula is C12H24O. The topological polar surface area (TPSA) is 9.23 Å². The van der Waals surface area contributed by atoms with Crippen LogP contribution < -0.4 is 0 Å². The van der Waals surface area contributed by atoms with Gasteiger partial charge in [0.15, 0.2) is 0 Å². The summed E-state index contributed by atoms with van der Waals surface area (Å²) in [5, 5.41) is 0. The Hall–Kier alpha value is -0.0400. The maximum Gasteiger partial charge on any atom is 0.0627 e. The van der Waals surface area contributed by atoms with Gasteiger partial charge in [-0.05, 0) is 30.1 Å². The quantitative estimate of drug-likeness (QED) is 0.637. The standard InChI is InChI=1S/C12H24O/c1-11(2,3)9-12(4,5)10-7-6-8-13-10/h10H,6-9H2,1-5H3. The van der Waals surface area contributed by atoms with Gasteiger partial charge in [-0.2, -0.15) is 0 Å². The molecule has 1 nitrogen and oxygen atoms in total. The zero-order chi connectivity index (χ0) is 10.1. The first-order valence-corrected chi connectivity index (χ1v) is 5.43. The van der Waals surface area contributed by atoms with Crippen molar-refractivity contribution in [2.24, 2.45) is 10.8 Å². The molecule has 1 heterocycles. The second-order valence-electron chi connectivity index (χ2n) is 6.23. The predicted molar refractivity (Wildman–Crippen MR) is 56.8 cm³/mol. The molecule has 0 N–H and O–H groups in total. The van der Waals surface area contributed by atoms with Crippen LogP contribution in [0.5, 0.6) is 0 Å². The van der Waals surface area contributed by atoms with Gasteiger partial charge in [-0.3, -0.25) is 0 Å². The second-order valence-corrected chi connectivity index (χ2v) is 6.23. The number of ether oxygens (including phenoxy) is 1. The SMILES string of the molecule is CC(C)(C)CC(C)(C)C1CCCO1. The fourth-order valence-corrected chi connectivity index (χ4v) is 2.67. The van der Waals surface area contributed by atoms with E-state index in [1.165, 1.54) is 19.3 Å². The van der Waals surface area contributed by atoms with Crippen molar-refractivity contribution in [2.75, 3.05) is 6.61 Å². The van der Waals surface area contributed by atoms with E-state index in [9.17, 15) is 0 Å². The van der Waals surface area contributed by atoms with E-state index in [-0.39, 0.29) is 0 Å². The molecular weight excluding hydrogens is 160 g/mol. The van der Waals surface area contributed by atoms with Gasteiger partial charge in [-0.25, -0.2) is 0 Å². The molecule has 78 valence electrons. The van der Waals surface area contributed by atoms with Gasteiger partial charge in [0.1, 0.15) is 0 Å². The van der Waals surface area contributed by atoms with Crippen molar-refractivity contribution in [1.82, 2.24) is 0 Å². The molecule has 13 heavy (non-hydrogen) atoms. The number of hydrogen-bond donors (Lipinski definition) is 0. The summed E-state index contributed by atoms with van der Waals surface area (Å²) in [5.41, 5.74) is 0.754. The van der Waals surface area contributed by atoms with Crippen molar-refractivity contribution in [1.29, 1.82) is 0 Å². The Kier molecular flexibility index (Phi) is 3.06. The van der Waals surface area contributed by atoms with Crippen LogP contribution in [0.15, 0.2) is 0 Å². The van der Waals surface area contributed by atoms with Crippen LogP contribution in [-0.4, -0.2) is 12.7 Å². The molecule has 0 aromatic rings. The first-order valence-electron chi connectivity index (χ1n) is 5.43. The molecule has 0 aliphatic carbocycles. The van der Waals surface area contributed by atoms with Gasteiger partial charge in [-0.1, -0.05) is 34.6 Å². The summed E-state index contributed by atoms with van der Waals surface area (Å²) in [4.78, 5) is 0. The Bertz CT molecular complexity index is 158. The van der Waals surface area contributed by atoms with E-state index in [1.807, 2.05) is 0 Å². The van der Waals surface area contributed by atoms with E-state index in [2.05, 4.69) is 34.6 Å². The van der Waals surface area contributed by atoms with Crippen molar-refractivity contribution in [3.8, 4) is 0 Å². The highest BCUT2D eigenvalue weighted by atomic mass is 16.5. The molecule has 1 fully saturated rings. The summed E-state index contributed by atoms with van der Waals surface area (Å²) in [5.74, 6) is 0. The molecule has 1 atom stereocenters. The highest BCUT2D eigenvalue weighted by Gasteiger charge is 2.35. The lowest BCUT2D eigenvalue weighted by Crippen LogP contribution is -2.32. The number of rotatable bonds is 2. The Labute approximate surface area is 82.9 Å². The van der Waals surface area contributed by atoms with Crippen molar-refractivity contribution in [2.45, 2.75) is 60.0 Å². The Morgan fingerprint density at radius 3 is 2.15 bits per heavy atom. The van der Waals surface area contributed by atoms with E-state index in [4.69, 9.17) is 4.74 Å². The minimum atomic E-state index is 0.342. The average Bonchev–Trinajstić information content (AvgIpc) is 2.29. The highest BCUT2D eigenvalue weighted by Crippen LogP contribution is 2.40. The van der Waals surface area contributed by atoms with Crippen LogP contribution in [0.1, 0.15) is 53.9 Å². The fourth-order valence-electron chi connectivity index (χ4n) is 2.67. The van der Waals surface area contributed by atoms with E-state index in [0.717, 1.165) is 6.61 Å². The van der Waals surface area contributed by atoms with Crippen LogP contribution in [0, 0.1) is 10.8 Å². The van der Waals surface area contributed by atoms with Crippen LogP contribution in [0.2, 0.25) is 0 Å². The van der Waals surface area contributed by atoms with Gasteiger partial charge in [0.05, 0.1) is 6.10 Å². The minimum absolute atomic E-state index is 0.342. The third kappa shape index (κ3) is 3.30. The van der Waals surface area contributed by atoms with Crippen molar-refractivity contribution < 1.29 is 4.74 Å². The summed E-state index contributed by atoms with van der Waals surface area (Å²) in [6, 6.07) is 0. The summed E-state index contributed by atoms with van der Waals surface area (Å²) >= 11 is 0. The fraction of sp³-hybridized carbons (Fsp3) is 1.00. The van der Waals surface area contributed by atoms with E-state index in [1.54, 1.807) is 0 Å². The molecule has 1 heteroatoms. The first kappa shape index (κ1) is 11.0. The molecule has 1 saturated heterocycles. The van der Waals surface area contributed by atoms with Gasteiger partial charge in [0.2, 0.25) is 0 Å². The first-order chi connectivity index (χ1) is 5.81. The molecule has 0 aromatic carbocycles. The minimum Gasteiger partial charge on any atom is -0.378 e. The van der Waals surface area contributed by atoms with E-state index < -0.39 is 0 Å². The van der Waals surface area contributed by atoms with Gasteiger partial charge in [0, 0.05) is 6.61 Å². The lowest BCUT2D eigenvalue weighted by Gasteiger charge is -2.36. The van der Waals surface area contributed by atoms with E-state index in [0.29, 0.717) is 16.9 Å². The summed E-state index contributed by atoms with van der Waals surface area (Å²) in [6.45, 7) is 12.6. The molecule has 0 bridgehead atoms. The third-order valence-electron chi connectivity index (χ3n) is 2.79. The molecule has 0 spiro atoms. The normalized spacial score (nSPS) is 25.2. The molecule has 0 amide bonds. The van der Waals surface area contributed by atoms with Gasteiger partial charge < -0.3 is 4.74 Å². The van der Waals surface area contributed by atoms with Crippen LogP contribution in [0.4, 0.5) is 0 Å². The smallest absolute Gasteiger partial charge is 0.0627 e. The summed E-state index contributed by atoms with van der Waals surface area (Å²) in [6.07, 6.45) is 4.23. The molecule has 0 aromatic heterocycles. The summed E-state index contributed by atoms with van der Waals surface area (Å²) < 4.78 is 5.76. The van der Waals surface area contributed by atoms with Crippen molar-refractivity contribution in [3.63, 3.8) is 0 Å².